The Morgan fingerprint density at radius 3 is 2.50 bits per heavy atom. The minimum absolute atomic E-state index is 0.0634. The molecule has 0 aliphatic carbocycles. The average molecular weight is 359 g/mol. The van der Waals surface area contributed by atoms with E-state index in [1.165, 1.54) is 19.2 Å². The molecule has 0 atom stereocenters. The highest BCUT2D eigenvalue weighted by atomic mass is 32.2. The van der Waals surface area contributed by atoms with Gasteiger partial charge in [-0.15, -0.1) is 11.8 Å². The molecule has 0 fully saturated rings. The van der Waals surface area contributed by atoms with Gasteiger partial charge in [-0.1, -0.05) is 6.07 Å². The highest BCUT2D eigenvalue weighted by Gasteiger charge is 2.15. The van der Waals surface area contributed by atoms with E-state index in [9.17, 15) is 22.4 Å². The molecule has 128 valence electrons. The summed E-state index contributed by atoms with van der Waals surface area (Å²) in [7, 11) is 1.36. The predicted octanol–water partition coefficient (Wildman–Crippen LogP) is 4.12. The summed E-state index contributed by atoms with van der Waals surface area (Å²) < 4.78 is 57.6. The molecule has 2 aromatic rings. The summed E-state index contributed by atoms with van der Waals surface area (Å²) in [6.45, 7) is 0. The van der Waals surface area contributed by atoms with E-state index in [1.54, 1.807) is 6.07 Å². The maximum atomic E-state index is 13.5. The molecule has 0 aliphatic heterocycles. The van der Waals surface area contributed by atoms with Crippen molar-refractivity contribution >= 4 is 23.4 Å². The SMILES string of the molecule is COc1ccc(CSCC(=O)Nc2ccc(F)c(F)c2F)cc1F. The smallest absolute Gasteiger partial charge is 0.234 e. The largest absolute Gasteiger partial charge is 0.494 e. The van der Waals surface area contributed by atoms with E-state index in [4.69, 9.17) is 4.74 Å². The Labute approximate surface area is 140 Å². The van der Waals surface area contributed by atoms with Crippen molar-refractivity contribution < 1.29 is 27.1 Å². The molecular weight excluding hydrogens is 346 g/mol. The lowest BCUT2D eigenvalue weighted by Crippen LogP contribution is -2.16. The van der Waals surface area contributed by atoms with Crippen molar-refractivity contribution in [2.75, 3.05) is 18.2 Å². The fourth-order valence-electron chi connectivity index (χ4n) is 1.87. The Hall–Kier alpha value is -2.22. The standard InChI is InChI=1S/C16H13F4NO2S/c1-23-13-5-2-9(6-11(13)18)7-24-8-14(22)21-12-4-3-10(17)15(19)16(12)20/h2-6H,7-8H2,1H3,(H,21,22). The number of ether oxygens (including phenoxy) is 1. The minimum Gasteiger partial charge on any atom is -0.494 e. The molecule has 0 aromatic heterocycles. The summed E-state index contributed by atoms with van der Waals surface area (Å²) in [5, 5.41) is 2.16. The second-order valence-corrected chi connectivity index (χ2v) is 5.72. The van der Waals surface area contributed by atoms with E-state index in [0.717, 1.165) is 23.9 Å². The molecule has 2 aromatic carbocycles. The van der Waals surface area contributed by atoms with Crippen LogP contribution in [0, 0.1) is 23.3 Å². The second-order valence-electron chi connectivity index (χ2n) is 4.73. The Bertz CT molecular complexity index is 755. The zero-order valence-corrected chi connectivity index (χ0v) is 13.4. The van der Waals surface area contributed by atoms with Gasteiger partial charge in [-0.25, -0.2) is 17.6 Å². The summed E-state index contributed by atoms with van der Waals surface area (Å²) in [5.41, 5.74) is 0.208. The van der Waals surface area contributed by atoms with Crippen LogP contribution in [0.15, 0.2) is 30.3 Å². The van der Waals surface area contributed by atoms with E-state index in [0.29, 0.717) is 11.3 Å². The maximum absolute atomic E-state index is 13.5. The van der Waals surface area contributed by atoms with Crippen molar-refractivity contribution in [2.45, 2.75) is 5.75 Å². The number of carbonyl (C=O) groups is 1. The third-order valence-electron chi connectivity index (χ3n) is 3.03. The van der Waals surface area contributed by atoms with Crippen LogP contribution < -0.4 is 10.1 Å². The van der Waals surface area contributed by atoms with E-state index in [-0.39, 0.29) is 11.5 Å². The van der Waals surface area contributed by atoms with Crippen molar-refractivity contribution in [3.8, 4) is 5.75 Å². The van der Waals surface area contributed by atoms with Gasteiger partial charge in [-0.05, 0) is 29.8 Å². The van der Waals surface area contributed by atoms with Crippen LogP contribution in [0.4, 0.5) is 23.2 Å². The summed E-state index contributed by atoms with van der Waals surface area (Å²) >= 11 is 1.16. The molecule has 0 radical (unpaired) electrons. The van der Waals surface area contributed by atoms with Crippen molar-refractivity contribution in [3.05, 3.63) is 59.2 Å². The number of amides is 1. The van der Waals surface area contributed by atoms with Crippen LogP contribution in [0.1, 0.15) is 5.56 Å². The van der Waals surface area contributed by atoms with E-state index < -0.39 is 34.9 Å². The molecule has 0 heterocycles. The molecule has 24 heavy (non-hydrogen) atoms. The fourth-order valence-corrected chi connectivity index (χ4v) is 2.64. The number of halogens is 4. The Balaban J connectivity index is 1.88. The molecule has 0 spiro atoms. The summed E-state index contributed by atoms with van der Waals surface area (Å²) in [5.74, 6) is -5.13. The van der Waals surface area contributed by atoms with Crippen LogP contribution in [0.5, 0.6) is 5.75 Å². The first-order chi connectivity index (χ1) is 11.4. The van der Waals surface area contributed by atoms with Crippen LogP contribution in [0.2, 0.25) is 0 Å². The molecular formula is C16H13F4NO2S. The monoisotopic (exact) mass is 359 g/mol. The number of hydrogen-bond donors (Lipinski definition) is 1. The highest BCUT2D eigenvalue weighted by molar-refractivity contribution is 7.99. The number of hydrogen-bond acceptors (Lipinski definition) is 3. The van der Waals surface area contributed by atoms with Crippen LogP contribution >= 0.6 is 11.8 Å². The second kappa shape index (κ2) is 8.05. The van der Waals surface area contributed by atoms with Crippen molar-refractivity contribution in [3.63, 3.8) is 0 Å². The highest BCUT2D eigenvalue weighted by Crippen LogP contribution is 2.22. The number of nitrogens with one attached hydrogen (secondary N) is 1. The first-order valence-corrected chi connectivity index (χ1v) is 7.91. The minimum atomic E-state index is -1.64. The normalized spacial score (nSPS) is 10.5. The zero-order chi connectivity index (χ0) is 17.7. The first kappa shape index (κ1) is 18.1. The van der Waals surface area contributed by atoms with Gasteiger partial charge in [0.1, 0.15) is 0 Å². The van der Waals surface area contributed by atoms with Gasteiger partial charge in [0.05, 0.1) is 18.6 Å². The third-order valence-corrected chi connectivity index (χ3v) is 4.03. The molecule has 1 amide bonds. The van der Waals surface area contributed by atoms with E-state index >= 15 is 0 Å². The van der Waals surface area contributed by atoms with Gasteiger partial charge >= 0.3 is 0 Å². The lowest BCUT2D eigenvalue weighted by molar-refractivity contribution is -0.113. The molecule has 1 N–H and O–H groups in total. The maximum Gasteiger partial charge on any atom is 0.234 e. The van der Waals surface area contributed by atoms with Gasteiger partial charge < -0.3 is 10.1 Å². The summed E-state index contributed by atoms with van der Waals surface area (Å²) in [6.07, 6.45) is 0. The average Bonchev–Trinajstić information content (AvgIpc) is 2.55. The van der Waals surface area contributed by atoms with Crippen molar-refractivity contribution in [1.29, 1.82) is 0 Å². The Morgan fingerprint density at radius 1 is 1.08 bits per heavy atom. The molecule has 8 heteroatoms. The number of anilines is 1. The Morgan fingerprint density at radius 2 is 1.83 bits per heavy atom. The zero-order valence-electron chi connectivity index (χ0n) is 12.5. The molecule has 2 rings (SSSR count). The third kappa shape index (κ3) is 4.41. The number of methoxy groups -OCH3 is 1. The summed E-state index contributed by atoms with van der Waals surface area (Å²) in [6, 6.07) is 6.08. The molecule has 0 aliphatic rings. The predicted molar refractivity (Wildman–Crippen MR) is 84.1 cm³/mol. The van der Waals surface area contributed by atoms with Crippen LogP contribution in [-0.4, -0.2) is 18.8 Å². The van der Waals surface area contributed by atoms with Crippen LogP contribution in [0.3, 0.4) is 0 Å². The summed E-state index contributed by atoms with van der Waals surface area (Å²) in [4.78, 5) is 11.7. The molecule has 0 saturated carbocycles. The van der Waals surface area contributed by atoms with Gasteiger partial charge in [0.25, 0.3) is 0 Å². The van der Waals surface area contributed by atoms with Crippen LogP contribution in [-0.2, 0) is 10.5 Å². The fraction of sp³-hybridized carbons (Fsp3) is 0.188. The van der Waals surface area contributed by atoms with Gasteiger partial charge in [0.2, 0.25) is 5.91 Å². The van der Waals surface area contributed by atoms with Crippen molar-refractivity contribution in [2.24, 2.45) is 0 Å². The van der Waals surface area contributed by atoms with E-state index in [1.807, 2.05) is 0 Å². The quantitative estimate of drug-likeness (QED) is 0.623. The number of benzene rings is 2. The molecule has 0 saturated heterocycles. The first-order valence-electron chi connectivity index (χ1n) is 6.76. The van der Waals surface area contributed by atoms with Gasteiger partial charge in [-0.2, -0.15) is 0 Å². The van der Waals surface area contributed by atoms with Gasteiger partial charge in [0, 0.05) is 5.75 Å². The molecule has 0 unspecified atom stereocenters. The Kier molecular flexibility index (Phi) is 6.08. The number of thioether (sulfide) groups is 1. The lowest BCUT2D eigenvalue weighted by Gasteiger charge is -2.08. The van der Waals surface area contributed by atoms with Gasteiger partial charge in [-0.3, -0.25) is 4.79 Å². The van der Waals surface area contributed by atoms with E-state index in [2.05, 4.69) is 5.32 Å². The lowest BCUT2D eigenvalue weighted by atomic mass is 10.2. The van der Waals surface area contributed by atoms with Crippen molar-refractivity contribution in [1.82, 2.24) is 0 Å². The molecule has 0 bridgehead atoms. The van der Waals surface area contributed by atoms with Gasteiger partial charge in [0.15, 0.2) is 29.0 Å². The molecule has 3 nitrogen and oxygen atoms in total. The topological polar surface area (TPSA) is 38.3 Å². The number of rotatable bonds is 6. The van der Waals surface area contributed by atoms with Crippen LogP contribution in [0.25, 0.3) is 0 Å². The number of carbonyl (C=O) groups excluding carboxylic acids is 1.